The van der Waals surface area contributed by atoms with Crippen LogP contribution in [0, 0.1) is 22.7 Å². The summed E-state index contributed by atoms with van der Waals surface area (Å²) in [4.78, 5) is 17.7. The molecule has 0 radical (unpaired) electrons. The second-order valence-electron chi connectivity index (χ2n) is 6.83. The first kappa shape index (κ1) is 18.0. The molecule has 0 unspecified atom stereocenters. The Morgan fingerprint density at radius 3 is 2.38 bits per heavy atom. The number of pyridine rings is 1. The molecule has 24 heavy (non-hydrogen) atoms. The number of anilines is 1. The van der Waals surface area contributed by atoms with Gasteiger partial charge in [0, 0.05) is 7.05 Å². The van der Waals surface area contributed by atoms with Crippen LogP contribution in [0.15, 0.2) is 0 Å². The minimum Gasteiger partial charge on any atom is -0.459 e. The van der Waals surface area contributed by atoms with Gasteiger partial charge in [0.25, 0.3) is 0 Å². The number of hydrogen-bond acceptors (Lipinski definition) is 6. The van der Waals surface area contributed by atoms with Crippen LogP contribution in [0.3, 0.4) is 0 Å². The molecule has 126 valence electrons. The lowest BCUT2D eigenvalue weighted by molar-refractivity contribution is -0.152. The highest BCUT2D eigenvalue weighted by Crippen LogP contribution is 2.46. The smallest absolute Gasteiger partial charge is 0.326 e. The first-order chi connectivity index (χ1) is 11.2. The van der Waals surface area contributed by atoms with Gasteiger partial charge in [0.15, 0.2) is 0 Å². The van der Waals surface area contributed by atoms with Gasteiger partial charge >= 0.3 is 5.97 Å². The molecule has 0 amide bonds. The van der Waals surface area contributed by atoms with Gasteiger partial charge in [-0.25, -0.2) is 4.98 Å². The maximum atomic E-state index is 12.0. The molecule has 0 spiro atoms. The van der Waals surface area contributed by atoms with Gasteiger partial charge in [-0.2, -0.15) is 10.5 Å². The Balaban J connectivity index is 2.38. The van der Waals surface area contributed by atoms with E-state index in [1.807, 2.05) is 6.07 Å². The van der Waals surface area contributed by atoms with E-state index in [2.05, 4.69) is 11.1 Å². The molecule has 2 rings (SSSR count). The summed E-state index contributed by atoms with van der Waals surface area (Å²) in [7, 11) is 1.64. The lowest BCUT2D eigenvalue weighted by Crippen LogP contribution is -2.33. The van der Waals surface area contributed by atoms with E-state index in [9.17, 15) is 15.3 Å². The van der Waals surface area contributed by atoms with E-state index in [1.54, 1.807) is 27.8 Å². The van der Waals surface area contributed by atoms with Gasteiger partial charge in [-0.05, 0) is 45.1 Å². The first-order valence-electron chi connectivity index (χ1n) is 7.64. The summed E-state index contributed by atoms with van der Waals surface area (Å²) in [6, 6.07) is 4.17. The van der Waals surface area contributed by atoms with Gasteiger partial charge < -0.3 is 9.64 Å². The molecule has 1 aromatic heterocycles. The summed E-state index contributed by atoms with van der Waals surface area (Å²) in [5.74, 6) is 0.0295. The Hall–Kier alpha value is -2.31. The minimum absolute atomic E-state index is 0.0597. The molecule has 7 heteroatoms. The molecule has 1 aliphatic carbocycles. The Morgan fingerprint density at radius 2 is 1.92 bits per heavy atom. The monoisotopic (exact) mass is 346 g/mol. The van der Waals surface area contributed by atoms with Crippen LogP contribution in [-0.4, -0.2) is 30.1 Å². The molecule has 1 saturated carbocycles. The number of esters is 1. The highest BCUT2D eigenvalue weighted by atomic mass is 35.5. The molecule has 0 N–H and O–H groups in total. The van der Waals surface area contributed by atoms with Crippen LogP contribution < -0.4 is 4.90 Å². The number of aromatic nitrogens is 1. The van der Waals surface area contributed by atoms with E-state index >= 15 is 0 Å². The van der Waals surface area contributed by atoms with E-state index in [0.717, 1.165) is 12.8 Å². The molecule has 1 aliphatic rings. The van der Waals surface area contributed by atoms with Crippen molar-refractivity contribution in [3.8, 4) is 12.1 Å². The predicted molar refractivity (Wildman–Crippen MR) is 89.8 cm³/mol. The van der Waals surface area contributed by atoms with Crippen LogP contribution in [0.2, 0.25) is 5.15 Å². The molecule has 0 bridgehead atoms. The molecule has 1 fully saturated rings. The maximum absolute atomic E-state index is 12.0. The van der Waals surface area contributed by atoms with Crippen LogP contribution in [0.5, 0.6) is 0 Å². The summed E-state index contributed by atoms with van der Waals surface area (Å²) < 4.78 is 5.29. The summed E-state index contributed by atoms with van der Waals surface area (Å²) >= 11 is 6.14. The fourth-order valence-electron chi connectivity index (χ4n) is 2.48. The first-order valence-corrected chi connectivity index (χ1v) is 8.02. The third kappa shape index (κ3) is 3.96. The van der Waals surface area contributed by atoms with Crippen molar-refractivity contribution >= 4 is 23.4 Å². The molecule has 0 aromatic carbocycles. The molecular weight excluding hydrogens is 328 g/mol. The number of nitriles is 2. The zero-order valence-electron chi connectivity index (χ0n) is 14.2. The van der Waals surface area contributed by atoms with E-state index in [0.29, 0.717) is 16.9 Å². The number of ether oxygens (including phenoxy) is 1. The highest BCUT2D eigenvalue weighted by molar-refractivity contribution is 6.30. The van der Waals surface area contributed by atoms with E-state index in [-0.39, 0.29) is 23.2 Å². The summed E-state index contributed by atoms with van der Waals surface area (Å²) in [5, 5.41) is 19.0. The van der Waals surface area contributed by atoms with Gasteiger partial charge in [-0.1, -0.05) is 11.6 Å². The number of halogens is 1. The molecule has 0 atom stereocenters. The lowest BCUT2D eigenvalue weighted by Gasteiger charge is -2.24. The normalized spacial score (nSPS) is 13.8. The van der Waals surface area contributed by atoms with Crippen molar-refractivity contribution in [3.05, 3.63) is 21.8 Å². The number of carbonyl (C=O) groups excluding carboxylic acids is 1. The quantitative estimate of drug-likeness (QED) is 0.614. The lowest BCUT2D eigenvalue weighted by atomic mass is 10.00. The Kier molecular flexibility index (Phi) is 5.01. The third-order valence-electron chi connectivity index (χ3n) is 3.53. The van der Waals surface area contributed by atoms with Gasteiger partial charge in [0.2, 0.25) is 0 Å². The van der Waals surface area contributed by atoms with E-state index in [1.165, 1.54) is 4.90 Å². The summed E-state index contributed by atoms with van der Waals surface area (Å²) in [6.45, 7) is 5.29. The number of nitrogens with zero attached hydrogens (tertiary/aromatic N) is 4. The van der Waals surface area contributed by atoms with Crippen molar-refractivity contribution in [2.45, 2.75) is 45.1 Å². The van der Waals surface area contributed by atoms with Crippen molar-refractivity contribution in [2.75, 3.05) is 18.5 Å². The Morgan fingerprint density at radius 1 is 1.33 bits per heavy atom. The largest absolute Gasteiger partial charge is 0.459 e. The summed E-state index contributed by atoms with van der Waals surface area (Å²) in [5.41, 5.74) is 0.617. The fraction of sp³-hybridized carbons (Fsp3) is 0.529. The average Bonchev–Trinajstić information content (AvgIpc) is 3.28. The summed E-state index contributed by atoms with van der Waals surface area (Å²) in [6.07, 6.45) is 1.83. The number of hydrogen-bond donors (Lipinski definition) is 0. The molecular formula is C17H19ClN4O2. The average molecular weight is 347 g/mol. The van der Waals surface area contributed by atoms with Gasteiger partial charge in [-0.3, -0.25) is 4.79 Å². The Labute approximate surface area is 146 Å². The maximum Gasteiger partial charge on any atom is 0.326 e. The predicted octanol–water partition coefficient (Wildman–Crippen LogP) is 3.13. The van der Waals surface area contributed by atoms with Crippen molar-refractivity contribution in [2.24, 2.45) is 0 Å². The van der Waals surface area contributed by atoms with Crippen molar-refractivity contribution in [1.29, 1.82) is 10.5 Å². The highest BCUT2D eigenvalue weighted by Gasteiger charge is 2.33. The number of carbonyl (C=O) groups is 1. The second-order valence-corrected chi connectivity index (χ2v) is 7.19. The number of rotatable bonds is 4. The van der Waals surface area contributed by atoms with E-state index < -0.39 is 11.6 Å². The SMILES string of the molecule is CN(CC(=O)OC(C)(C)C)c1nc(Cl)c(C#N)c(C2CC2)c1C#N. The third-order valence-corrected chi connectivity index (χ3v) is 3.80. The number of likely N-dealkylation sites (N-methyl/N-ethyl adjacent to an activating group) is 1. The molecule has 0 saturated heterocycles. The second kappa shape index (κ2) is 6.67. The van der Waals surface area contributed by atoms with Crippen LogP contribution in [0.25, 0.3) is 0 Å². The standard InChI is InChI=1S/C17H19ClN4O2/c1-17(2,3)24-13(23)9-22(4)16-12(8-20)14(10-5-6-10)11(7-19)15(18)21-16/h10H,5-6,9H2,1-4H3. The molecule has 6 nitrogen and oxygen atoms in total. The molecule has 1 heterocycles. The van der Waals surface area contributed by atoms with Gasteiger partial charge in [-0.15, -0.1) is 0 Å². The topological polar surface area (TPSA) is 90.0 Å². The van der Waals surface area contributed by atoms with Crippen molar-refractivity contribution < 1.29 is 9.53 Å². The van der Waals surface area contributed by atoms with Crippen molar-refractivity contribution in [3.63, 3.8) is 0 Å². The van der Waals surface area contributed by atoms with Gasteiger partial charge in [0.1, 0.15) is 35.3 Å². The van der Waals surface area contributed by atoms with Crippen LogP contribution >= 0.6 is 11.6 Å². The molecule has 0 aliphatic heterocycles. The fourth-order valence-corrected chi connectivity index (χ4v) is 2.70. The zero-order chi connectivity index (χ0) is 18.1. The van der Waals surface area contributed by atoms with E-state index in [4.69, 9.17) is 16.3 Å². The van der Waals surface area contributed by atoms with Crippen LogP contribution in [0.1, 0.15) is 56.2 Å². The van der Waals surface area contributed by atoms with Crippen molar-refractivity contribution in [1.82, 2.24) is 4.98 Å². The van der Waals surface area contributed by atoms with Gasteiger partial charge in [0.05, 0.1) is 11.1 Å². The Bertz CT molecular complexity index is 752. The van der Waals surface area contributed by atoms with Crippen LogP contribution in [0.4, 0.5) is 5.82 Å². The molecule has 1 aromatic rings. The van der Waals surface area contributed by atoms with Crippen LogP contribution in [-0.2, 0) is 9.53 Å². The zero-order valence-corrected chi connectivity index (χ0v) is 14.9. The minimum atomic E-state index is -0.592.